The summed E-state index contributed by atoms with van der Waals surface area (Å²) in [6.07, 6.45) is 2.46. The van der Waals surface area contributed by atoms with Crippen LogP contribution in [-0.2, 0) is 17.8 Å². The number of amides is 1. The van der Waals surface area contributed by atoms with Gasteiger partial charge >= 0.3 is 0 Å². The van der Waals surface area contributed by atoms with Crippen LogP contribution in [0.2, 0.25) is 0 Å². The van der Waals surface area contributed by atoms with Crippen molar-refractivity contribution in [3.63, 3.8) is 0 Å². The highest BCUT2D eigenvalue weighted by atomic mass is 19.1. The normalized spacial score (nSPS) is 10.3. The van der Waals surface area contributed by atoms with E-state index in [1.54, 1.807) is 30.5 Å². The molecule has 0 aliphatic rings. The van der Waals surface area contributed by atoms with Crippen LogP contribution in [0.4, 0.5) is 4.39 Å². The second-order valence-electron chi connectivity index (χ2n) is 3.95. The summed E-state index contributed by atoms with van der Waals surface area (Å²) in [7, 11) is 0. The molecular weight excluding hydrogens is 233 g/mol. The van der Waals surface area contributed by atoms with Gasteiger partial charge in [0, 0.05) is 24.9 Å². The quantitative estimate of drug-likeness (QED) is 0.882. The highest BCUT2D eigenvalue weighted by Crippen LogP contribution is 2.06. The van der Waals surface area contributed by atoms with Crippen LogP contribution < -0.4 is 5.32 Å². The highest BCUT2D eigenvalue weighted by molar-refractivity contribution is 5.76. The summed E-state index contributed by atoms with van der Waals surface area (Å²) in [5.41, 5.74) is 0.490. The Morgan fingerprint density at radius 3 is 2.78 bits per heavy atom. The van der Waals surface area contributed by atoms with E-state index in [1.165, 1.54) is 6.07 Å². The molecule has 2 rings (SSSR count). The lowest BCUT2D eigenvalue weighted by Gasteiger charge is -2.05. The standard InChI is InChI=1S/C14H14FNO2/c15-13-6-2-1-4-11(13)10-16-14(17)8-7-12-5-3-9-18-12/h1-6,9H,7-8,10H2,(H,16,17). The second-order valence-corrected chi connectivity index (χ2v) is 3.95. The van der Waals surface area contributed by atoms with Crippen molar-refractivity contribution in [2.45, 2.75) is 19.4 Å². The van der Waals surface area contributed by atoms with Crippen LogP contribution >= 0.6 is 0 Å². The van der Waals surface area contributed by atoms with Gasteiger partial charge in [-0.05, 0) is 18.2 Å². The first kappa shape index (κ1) is 12.4. The lowest BCUT2D eigenvalue weighted by Crippen LogP contribution is -2.23. The van der Waals surface area contributed by atoms with Crippen LogP contribution in [0.5, 0.6) is 0 Å². The lowest BCUT2D eigenvalue weighted by molar-refractivity contribution is -0.121. The zero-order valence-corrected chi connectivity index (χ0v) is 9.86. The molecule has 1 aromatic carbocycles. The number of benzene rings is 1. The number of nitrogens with one attached hydrogen (secondary N) is 1. The maximum atomic E-state index is 13.3. The van der Waals surface area contributed by atoms with E-state index in [-0.39, 0.29) is 18.3 Å². The molecule has 0 fully saturated rings. The molecular formula is C14H14FNO2. The maximum absolute atomic E-state index is 13.3. The van der Waals surface area contributed by atoms with Gasteiger partial charge < -0.3 is 9.73 Å². The number of carbonyl (C=O) groups excluding carboxylic acids is 1. The van der Waals surface area contributed by atoms with Gasteiger partial charge in [-0.3, -0.25) is 4.79 Å². The average molecular weight is 247 g/mol. The molecule has 1 N–H and O–H groups in total. The Hall–Kier alpha value is -2.10. The van der Waals surface area contributed by atoms with Crippen LogP contribution in [0.1, 0.15) is 17.7 Å². The summed E-state index contributed by atoms with van der Waals surface area (Å²) in [5, 5.41) is 2.68. The van der Waals surface area contributed by atoms with Crippen molar-refractivity contribution >= 4 is 5.91 Å². The lowest BCUT2D eigenvalue weighted by atomic mass is 10.2. The van der Waals surface area contributed by atoms with Crippen molar-refractivity contribution in [1.82, 2.24) is 5.32 Å². The first-order valence-electron chi connectivity index (χ1n) is 5.78. The molecule has 0 atom stereocenters. The monoisotopic (exact) mass is 247 g/mol. The Kier molecular flexibility index (Phi) is 4.12. The number of carbonyl (C=O) groups is 1. The molecule has 18 heavy (non-hydrogen) atoms. The minimum absolute atomic E-state index is 0.116. The molecule has 0 aliphatic carbocycles. The van der Waals surface area contributed by atoms with Crippen molar-refractivity contribution in [2.24, 2.45) is 0 Å². The van der Waals surface area contributed by atoms with Gasteiger partial charge in [-0.25, -0.2) is 4.39 Å². The summed E-state index contributed by atoms with van der Waals surface area (Å²) >= 11 is 0. The van der Waals surface area contributed by atoms with Gasteiger partial charge in [0.05, 0.1) is 6.26 Å². The SMILES string of the molecule is O=C(CCc1ccco1)NCc1ccccc1F. The molecule has 2 aromatic rings. The second kappa shape index (κ2) is 6.00. The summed E-state index contributed by atoms with van der Waals surface area (Å²) in [4.78, 5) is 11.5. The van der Waals surface area contributed by atoms with Gasteiger partial charge in [-0.15, -0.1) is 0 Å². The predicted molar refractivity (Wildman–Crippen MR) is 65.3 cm³/mol. The zero-order chi connectivity index (χ0) is 12.8. The van der Waals surface area contributed by atoms with Gasteiger partial charge in [-0.1, -0.05) is 18.2 Å². The van der Waals surface area contributed by atoms with Gasteiger partial charge in [0.2, 0.25) is 5.91 Å². The fourth-order valence-electron chi connectivity index (χ4n) is 1.62. The molecule has 94 valence electrons. The maximum Gasteiger partial charge on any atom is 0.220 e. The zero-order valence-electron chi connectivity index (χ0n) is 9.86. The fraction of sp³-hybridized carbons (Fsp3) is 0.214. The molecule has 0 saturated heterocycles. The molecule has 0 unspecified atom stereocenters. The van der Waals surface area contributed by atoms with E-state index < -0.39 is 0 Å². The minimum Gasteiger partial charge on any atom is -0.469 e. The van der Waals surface area contributed by atoms with E-state index in [9.17, 15) is 9.18 Å². The molecule has 0 bridgehead atoms. The number of rotatable bonds is 5. The number of furan rings is 1. The van der Waals surface area contributed by atoms with Crippen LogP contribution in [-0.4, -0.2) is 5.91 Å². The molecule has 3 nitrogen and oxygen atoms in total. The Labute approximate surface area is 105 Å². The fourth-order valence-corrected chi connectivity index (χ4v) is 1.62. The molecule has 1 amide bonds. The van der Waals surface area contributed by atoms with E-state index >= 15 is 0 Å². The van der Waals surface area contributed by atoms with Crippen molar-refractivity contribution in [3.05, 3.63) is 59.8 Å². The Balaban J connectivity index is 1.77. The first-order chi connectivity index (χ1) is 8.75. The number of halogens is 1. The average Bonchev–Trinajstić information content (AvgIpc) is 2.88. The first-order valence-corrected chi connectivity index (χ1v) is 5.78. The van der Waals surface area contributed by atoms with Gasteiger partial charge in [0.25, 0.3) is 0 Å². The Morgan fingerprint density at radius 2 is 2.06 bits per heavy atom. The number of hydrogen-bond acceptors (Lipinski definition) is 2. The smallest absolute Gasteiger partial charge is 0.220 e. The van der Waals surface area contributed by atoms with Gasteiger partial charge in [0.1, 0.15) is 11.6 Å². The molecule has 4 heteroatoms. The van der Waals surface area contributed by atoms with Crippen molar-refractivity contribution in [2.75, 3.05) is 0 Å². The summed E-state index contributed by atoms with van der Waals surface area (Å²) in [6, 6.07) is 10.0. The topological polar surface area (TPSA) is 42.2 Å². The van der Waals surface area contributed by atoms with Crippen LogP contribution in [0.25, 0.3) is 0 Å². The highest BCUT2D eigenvalue weighted by Gasteiger charge is 2.05. The summed E-state index contributed by atoms with van der Waals surface area (Å²) < 4.78 is 18.4. The van der Waals surface area contributed by atoms with Crippen molar-refractivity contribution in [3.8, 4) is 0 Å². The summed E-state index contributed by atoms with van der Waals surface area (Å²) in [6.45, 7) is 0.212. The van der Waals surface area contributed by atoms with Crippen LogP contribution in [0.3, 0.4) is 0 Å². The van der Waals surface area contributed by atoms with Crippen molar-refractivity contribution < 1.29 is 13.6 Å². The summed E-state index contributed by atoms with van der Waals surface area (Å²) in [5.74, 6) is 0.356. The third-order valence-corrected chi connectivity index (χ3v) is 2.61. The van der Waals surface area contributed by atoms with Gasteiger partial charge in [0.15, 0.2) is 0 Å². The molecule has 1 heterocycles. The van der Waals surface area contributed by atoms with E-state index in [1.807, 2.05) is 6.07 Å². The Morgan fingerprint density at radius 1 is 1.22 bits per heavy atom. The molecule has 0 aliphatic heterocycles. The third-order valence-electron chi connectivity index (χ3n) is 2.61. The molecule has 0 spiro atoms. The largest absolute Gasteiger partial charge is 0.469 e. The minimum atomic E-state index is -0.302. The van der Waals surface area contributed by atoms with E-state index in [0.29, 0.717) is 18.4 Å². The van der Waals surface area contributed by atoms with E-state index in [2.05, 4.69) is 5.32 Å². The number of hydrogen-bond donors (Lipinski definition) is 1. The van der Waals surface area contributed by atoms with Crippen LogP contribution in [0, 0.1) is 5.82 Å². The van der Waals surface area contributed by atoms with Gasteiger partial charge in [-0.2, -0.15) is 0 Å². The Bertz CT molecular complexity index is 508. The van der Waals surface area contributed by atoms with E-state index in [0.717, 1.165) is 5.76 Å². The molecule has 0 radical (unpaired) electrons. The van der Waals surface area contributed by atoms with Crippen molar-refractivity contribution in [1.29, 1.82) is 0 Å². The predicted octanol–water partition coefficient (Wildman–Crippen LogP) is 2.67. The van der Waals surface area contributed by atoms with E-state index in [4.69, 9.17) is 4.42 Å². The van der Waals surface area contributed by atoms with Crippen LogP contribution in [0.15, 0.2) is 47.1 Å². The molecule has 0 saturated carbocycles. The molecule has 1 aromatic heterocycles. The number of aryl methyl sites for hydroxylation is 1. The third kappa shape index (κ3) is 3.45.